The first-order chi connectivity index (χ1) is 8.60. The average Bonchev–Trinajstić information content (AvgIpc) is 2.68. The first-order valence-electron chi connectivity index (χ1n) is 6.91. The smallest absolute Gasteiger partial charge is 0.160 e. The van der Waals surface area contributed by atoms with Crippen LogP contribution < -0.4 is 0 Å². The molecule has 0 atom stereocenters. The van der Waals surface area contributed by atoms with Crippen molar-refractivity contribution in [2.24, 2.45) is 0 Å². The average molecular weight is 249 g/mol. The van der Waals surface area contributed by atoms with Gasteiger partial charge in [0, 0.05) is 0 Å². The molecule has 2 rings (SSSR count). The summed E-state index contributed by atoms with van der Waals surface area (Å²) in [5, 5.41) is 0. The summed E-state index contributed by atoms with van der Waals surface area (Å²) in [5.41, 5.74) is -0.378. The molecule has 0 N–H and O–H groups in total. The maximum absolute atomic E-state index is 12.4. The highest BCUT2D eigenvalue weighted by Crippen LogP contribution is 2.22. The van der Waals surface area contributed by atoms with E-state index in [4.69, 9.17) is 4.42 Å². The molecule has 0 unspecified atom stereocenters. The van der Waals surface area contributed by atoms with Crippen LogP contribution in [0.1, 0.15) is 45.3 Å². The van der Waals surface area contributed by atoms with Crippen molar-refractivity contribution >= 4 is 5.78 Å². The molecule has 1 saturated heterocycles. The van der Waals surface area contributed by atoms with Crippen LogP contribution in [0, 0.1) is 0 Å². The van der Waals surface area contributed by atoms with Crippen molar-refractivity contribution in [3.8, 4) is 0 Å². The fraction of sp³-hybridized carbons (Fsp3) is 0.667. The molecule has 1 aliphatic heterocycles. The van der Waals surface area contributed by atoms with Crippen molar-refractivity contribution in [2.45, 2.75) is 51.5 Å². The van der Waals surface area contributed by atoms with Gasteiger partial charge in [0.05, 0.1) is 18.2 Å². The Bertz CT molecular complexity index is 373. The molecular weight excluding hydrogens is 226 g/mol. The van der Waals surface area contributed by atoms with E-state index >= 15 is 0 Å². The summed E-state index contributed by atoms with van der Waals surface area (Å²) in [4.78, 5) is 14.8. The molecule has 18 heavy (non-hydrogen) atoms. The third-order valence-corrected chi connectivity index (χ3v) is 3.99. The topological polar surface area (TPSA) is 33.5 Å². The summed E-state index contributed by atoms with van der Waals surface area (Å²) in [5.74, 6) is 1.02. The maximum Gasteiger partial charge on any atom is 0.160 e. The number of carbonyl (C=O) groups is 1. The fourth-order valence-electron chi connectivity index (χ4n) is 2.59. The molecular formula is C15H23NO2. The monoisotopic (exact) mass is 249 g/mol. The summed E-state index contributed by atoms with van der Waals surface area (Å²) < 4.78 is 5.27. The summed E-state index contributed by atoms with van der Waals surface area (Å²) in [6.07, 6.45) is 7.02. The minimum absolute atomic E-state index is 0.249. The molecule has 3 heteroatoms. The van der Waals surface area contributed by atoms with Crippen molar-refractivity contribution in [1.82, 2.24) is 4.90 Å². The second kappa shape index (κ2) is 5.70. The minimum Gasteiger partial charge on any atom is -0.469 e. The van der Waals surface area contributed by atoms with Gasteiger partial charge in [-0.1, -0.05) is 12.8 Å². The van der Waals surface area contributed by atoms with Gasteiger partial charge in [-0.15, -0.1) is 0 Å². The predicted molar refractivity (Wildman–Crippen MR) is 71.5 cm³/mol. The zero-order valence-corrected chi connectivity index (χ0v) is 11.4. The molecule has 0 radical (unpaired) electrons. The molecule has 0 saturated carbocycles. The lowest BCUT2D eigenvalue weighted by molar-refractivity contribution is -0.129. The molecule has 0 aromatic carbocycles. The van der Waals surface area contributed by atoms with Gasteiger partial charge in [0.1, 0.15) is 5.76 Å². The van der Waals surface area contributed by atoms with Crippen LogP contribution in [0.2, 0.25) is 0 Å². The Balaban J connectivity index is 2.01. The number of ketones is 1. The lowest BCUT2D eigenvalue weighted by Crippen LogP contribution is -2.51. The summed E-state index contributed by atoms with van der Waals surface area (Å²) in [6.45, 7) is 6.17. The molecule has 1 aliphatic rings. The van der Waals surface area contributed by atoms with E-state index in [-0.39, 0.29) is 11.3 Å². The first-order valence-corrected chi connectivity index (χ1v) is 6.91. The molecule has 0 aliphatic carbocycles. The van der Waals surface area contributed by atoms with Gasteiger partial charge >= 0.3 is 0 Å². The Labute approximate surface area is 109 Å². The summed E-state index contributed by atoms with van der Waals surface area (Å²) >= 11 is 0. The van der Waals surface area contributed by atoms with Crippen LogP contribution >= 0.6 is 0 Å². The third-order valence-electron chi connectivity index (χ3n) is 3.99. The van der Waals surface area contributed by atoms with Crippen molar-refractivity contribution in [3.63, 3.8) is 0 Å². The molecule has 1 aromatic rings. The number of carbonyl (C=O) groups excluding carboxylic acids is 1. The van der Waals surface area contributed by atoms with Gasteiger partial charge in [0.15, 0.2) is 5.78 Å². The van der Waals surface area contributed by atoms with Crippen LogP contribution in [0.3, 0.4) is 0 Å². The fourth-order valence-corrected chi connectivity index (χ4v) is 2.59. The van der Waals surface area contributed by atoms with Crippen molar-refractivity contribution < 1.29 is 9.21 Å². The van der Waals surface area contributed by atoms with E-state index in [9.17, 15) is 4.79 Å². The number of hydrogen-bond acceptors (Lipinski definition) is 3. The summed E-state index contributed by atoms with van der Waals surface area (Å²) in [7, 11) is 0. The Hall–Kier alpha value is -1.09. The van der Waals surface area contributed by atoms with Crippen LogP contribution in [0.25, 0.3) is 0 Å². The number of hydrogen-bond donors (Lipinski definition) is 0. The van der Waals surface area contributed by atoms with Crippen LogP contribution in [-0.2, 0) is 11.2 Å². The van der Waals surface area contributed by atoms with Gasteiger partial charge in [0.2, 0.25) is 0 Å². The standard InChI is InChI=1S/C15H23NO2/c1-15(2,16-9-5-3-4-6-10-16)14(17)12-13-8-7-11-18-13/h7-8,11H,3-6,9-10,12H2,1-2H3. The van der Waals surface area contributed by atoms with Crippen LogP contribution in [-0.4, -0.2) is 29.3 Å². The number of furan rings is 1. The van der Waals surface area contributed by atoms with Crippen molar-refractivity contribution in [2.75, 3.05) is 13.1 Å². The van der Waals surface area contributed by atoms with Crippen molar-refractivity contribution in [3.05, 3.63) is 24.2 Å². The first kappa shape index (κ1) is 13.3. The lowest BCUT2D eigenvalue weighted by Gasteiger charge is -2.36. The summed E-state index contributed by atoms with van der Waals surface area (Å²) in [6, 6.07) is 3.71. The third kappa shape index (κ3) is 3.02. The number of rotatable bonds is 4. The highest BCUT2D eigenvalue weighted by atomic mass is 16.3. The quantitative estimate of drug-likeness (QED) is 0.822. The normalized spacial score (nSPS) is 18.6. The Morgan fingerprint density at radius 3 is 2.50 bits per heavy atom. The maximum atomic E-state index is 12.4. The van der Waals surface area contributed by atoms with Crippen LogP contribution in [0.4, 0.5) is 0 Å². The Morgan fingerprint density at radius 1 is 1.28 bits per heavy atom. The lowest BCUT2D eigenvalue weighted by atomic mass is 9.93. The molecule has 0 spiro atoms. The second-order valence-electron chi connectivity index (χ2n) is 5.64. The highest BCUT2D eigenvalue weighted by Gasteiger charge is 2.34. The zero-order chi connectivity index (χ0) is 13.0. The van der Waals surface area contributed by atoms with Crippen LogP contribution in [0.5, 0.6) is 0 Å². The molecule has 3 nitrogen and oxygen atoms in total. The van der Waals surface area contributed by atoms with Crippen LogP contribution in [0.15, 0.2) is 22.8 Å². The zero-order valence-electron chi connectivity index (χ0n) is 11.4. The van der Waals surface area contributed by atoms with E-state index in [1.54, 1.807) is 6.26 Å². The van der Waals surface area contributed by atoms with E-state index in [1.165, 1.54) is 25.7 Å². The van der Waals surface area contributed by atoms with Gasteiger partial charge in [-0.2, -0.15) is 0 Å². The molecule has 2 heterocycles. The molecule has 0 bridgehead atoms. The number of likely N-dealkylation sites (tertiary alicyclic amines) is 1. The predicted octanol–water partition coefficient (Wildman–Crippen LogP) is 3.05. The molecule has 0 amide bonds. The van der Waals surface area contributed by atoms with Gasteiger partial charge in [0.25, 0.3) is 0 Å². The van der Waals surface area contributed by atoms with Gasteiger partial charge in [-0.05, 0) is 51.9 Å². The van der Waals surface area contributed by atoms with Gasteiger partial charge < -0.3 is 4.42 Å². The molecule has 100 valence electrons. The van der Waals surface area contributed by atoms with E-state index < -0.39 is 0 Å². The Kier molecular flexibility index (Phi) is 4.23. The Morgan fingerprint density at radius 2 is 1.94 bits per heavy atom. The van der Waals surface area contributed by atoms with E-state index in [0.717, 1.165) is 18.8 Å². The van der Waals surface area contributed by atoms with Gasteiger partial charge in [-0.25, -0.2) is 0 Å². The highest BCUT2D eigenvalue weighted by molar-refractivity contribution is 5.89. The minimum atomic E-state index is -0.378. The SMILES string of the molecule is CC(C)(C(=O)Cc1ccco1)N1CCCCCC1. The number of Topliss-reactive ketones (excluding diaryl/α,β-unsaturated/α-hetero) is 1. The van der Waals surface area contributed by atoms with E-state index in [1.807, 2.05) is 26.0 Å². The van der Waals surface area contributed by atoms with E-state index in [0.29, 0.717) is 6.42 Å². The molecule has 1 aromatic heterocycles. The van der Waals surface area contributed by atoms with E-state index in [2.05, 4.69) is 4.90 Å². The second-order valence-corrected chi connectivity index (χ2v) is 5.64. The van der Waals surface area contributed by atoms with Gasteiger partial charge in [-0.3, -0.25) is 9.69 Å². The number of nitrogens with zero attached hydrogens (tertiary/aromatic N) is 1. The van der Waals surface area contributed by atoms with Crippen molar-refractivity contribution in [1.29, 1.82) is 0 Å². The largest absolute Gasteiger partial charge is 0.469 e. The molecule has 1 fully saturated rings.